The lowest BCUT2D eigenvalue weighted by Crippen LogP contribution is -2.37. The minimum Gasteiger partial charge on any atom is -0.497 e. The number of nitrogens with zero attached hydrogens (tertiary/aromatic N) is 2. The van der Waals surface area contributed by atoms with Gasteiger partial charge in [-0.2, -0.15) is 5.10 Å². The van der Waals surface area contributed by atoms with E-state index in [0.29, 0.717) is 31.6 Å². The largest absolute Gasteiger partial charge is 0.497 e. The summed E-state index contributed by atoms with van der Waals surface area (Å²) in [5.74, 6) is 0.413. The summed E-state index contributed by atoms with van der Waals surface area (Å²) in [7, 11) is 1.65. The number of aryl methyl sites for hydroxylation is 1. The smallest absolute Gasteiger partial charge is 0.257 e. The summed E-state index contributed by atoms with van der Waals surface area (Å²) < 4.78 is 5.21. The van der Waals surface area contributed by atoms with E-state index >= 15 is 0 Å². The molecule has 0 aliphatic carbocycles. The fourth-order valence-corrected chi connectivity index (χ4v) is 3.88. The second-order valence-corrected chi connectivity index (χ2v) is 7.78. The van der Waals surface area contributed by atoms with Crippen molar-refractivity contribution >= 4 is 11.8 Å². The molecule has 2 aromatic carbocycles. The van der Waals surface area contributed by atoms with Gasteiger partial charge in [-0.3, -0.25) is 14.7 Å². The van der Waals surface area contributed by atoms with Gasteiger partial charge in [-0.1, -0.05) is 36.4 Å². The van der Waals surface area contributed by atoms with E-state index in [9.17, 15) is 9.59 Å². The number of carbonyl (C=O) groups excluding carboxylic acids is 2. The highest BCUT2D eigenvalue weighted by molar-refractivity contribution is 5.95. The lowest BCUT2D eigenvalue weighted by Gasteiger charge is -2.23. The number of amides is 2. The van der Waals surface area contributed by atoms with Crippen LogP contribution in [0.2, 0.25) is 0 Å². The van der Waals surface area contributed by atoms with Gasteiger partial charge in [-0.25, -0.2) is 0 Å². The molecule has 2 amide bonds. The average Bonchev–Trinajstić information content (AvgIpc) is 3.14. The normalized spacial score (nSPS) is 16.5. The fourth-order valence-electron chi connectivity index (χ4n) is 3.88. The molecule has 4 rings (SSSR count). The second kappa shape index (κ2) is 9.04. The first-order valence-electron chi connectivity index (χ1n) is 10.4. The Labute approximate surface area is 181 Å². The fraction of sp³-hybridized carbons (Fsp3) is 0.292. The molecule has 2 N–H and O–H groups in total. The van der Waals surface area contributed by atoms with Crippen LogP contribution in [0.15, 0.2) is 54.7 Å². The number of methoxy groups -OCH3 is 1. The molecular formula is C24H26N4O3. The second-order valence-electron chi connectivity index (χ2n) is 7.78. The molecule has 1 saturated heterocycles. The highest BCUT2D eigenvalue weighted by Gasteiger charge is 2.29. The molecule has 0 spiro atoms. The number of aromatic amines is 1. The summed E-state index contributed by atoms with van der Waals surface area (Å²) in [5.41, 5.74) is 4.55. The standard InChI is InChI=1S/C24H26N4O3/c1-16-22(14-26-27-16)24(30)28-12-11-25-23(29)20(15-28)13-17-3-5-18(6-4-17)19-7-9-21(31-2)10-8-19/h3-10,14,20H,11-13,15H2,1-2H3,(H,25,29)(H,26,27)/t20-/m0/s1. The van der Waals surface area contributed by atoms with Crippen molar-refractivity contribution in [2.24, 2.45) is 5.92 Å². The third-order valence-corrected chi connectivity index (χ3v) is 5.70. The molecule has 0 bridgehead atoms. The van der Waals surface area contributed by atoms with Gasteiger partial charge in [0.2, 0.25) is 5.91 Å². The molecule has 1 aliphatic rings. The Bertz CT molecular complexity index is 1060. The maximum atomic E-state index is 12.9. The molecular weight excluding hydrogens is 392 g/mol. The van der Waals surface area contributed by atoms with Crippen LogP contribution >= 0.6 is 0 Å². The van der Waals surface area contributed by atoms with Gasteiger partial charge in [0.15, 0.2) is 0 Å². The molecule has 1 atom stereocenters. The van der Waals surface area contributed by atoms with Crippen molar-refractivity contribution < 1.29 is 14.3 Å². The van der Waals surface area contributed by atoms with Gasteiger partial charge in [-0.05, 0) is 42.2 Å². The molecule has 1 aliphatic heterocycles. The van der Waals surface area contributed by atoms with E-state index in [2.05, 4.69) is 27.6 Å². The van der Waals surface area contributed by atoms with Crippen LogP contribution in [-0.4, -0.2) is 53.7 Å². The molecule has 0 saturated carbocycles. The van der Waals surface area contributed by atoms with E-state index in [4.69, 9.17) is 4.74 Å². The summed E-state index contributed by atoms with van der Waals surface area (Å²) in [6, 6.07) is 16.1. The number of hydrogen-bond acceptors (Lipinski definition) is 4. The minimum absolute atomic E-state index is 0.0153. The van der Waals surface area contributed by atoms with Gasteiger partial charge in [-0.15, -0.1) is 0 Å². The van der Waals surface area contributed by atoms with Gasteiger partial charge in [0.05, 0.1) is 24.8 Å². The molecule has 160 valence electrons. The molecule has 1 aromatic heterocycles. The lowest BCUT2D eigenvalue weighted by molar-refractivity contribution is -0.124. The number of aromatic nitrogens is 2. The molecule has 2 heterocycles. The van der Waals surface area contributed by atoms with Crippen LogP contribution in [0.1, 0.15) is 21.6 Å². The monoisotopic (exact) mass is 418 g/mol. The van der Waals surface area contributed by atoms with Gasteiger partial charge in [0.1, 0.15) is 5.75 Å². The summed E-state index contributed by atoms with van der Waals surface area (Å²) in [4.78, 5) is 27.3. The number of hydrogen-bond donors (Lipinski definition) is 2. The van der Waals surface area contributed by atoms with Crippen molar-refractivity contribution in [3.63, 3.8) is 0 Å². The number of ether oxygens (including phenoxy) is 1. The van der Waals surface area contributed by atoms with E-state index < -0.39 is 0 Å². The maximum Gasteiger partial charge on any atom is 0.257 e. The zero-order chi connectivity index (χ0) is 21.8. The van der Waals surface area contributed by atoms with E-state index in [1.165, 1.54) is 0 Å². The van der Waals surface area contributed by atoms with Crippen LogP contribution in [0.25, 0.3) is 11.1 Å². The number of carbonyl (C=O) groups is 2. The third kappa shape index (κ3) is 4.60. The first kappa shape index (κ1) is 20.7. The minimum atomic E-state index is -0.300. The van der Waals surface area contributed by atoms with Crippen LogP contribution < -0.4 is 10.1 Å². The molecule has 7 heteroatoms. The Morgan fingerprint density at radius 1 is 1.13 bits per heavy atom. The summed E-state index contributed by atoms with van der Waals surface area (Å²) in [5, 5.41) is 9.69. The van der Waals surface area contributed by atoms with E-state index in [1.54, 1.807) is 18.2 Å². The van der Waals surface area contributed by atoms with Crippen LogP contribution in [0, 0.1) is 12.8 Å². The SMILES string of the molecule is COc1ccc(-c2ccc(C[C@H]3CN(C(=O)c4cn[nH]c4C)CCNC3=O)cc2)cc1. The number of benzene rings is 2. The van der Waals surface area contributed by atoms with E-state index in [1.807, 2.05) is 43.3 Å². The molecule has 0 unspecified atom stereocenters. The average molecular weight is 418 g/mol. The summed E-state index contributed by atoms with van der Waals surface area (Å²) in [6.07, 6.45) is 2.12. The Balaban J connectivity index is 1.47. The zero-order valence-corrected chi connectivity index (χ0v) is 17.7. The van der Waals surface area contributed by atoms with Crippen molar-refractivity contribution in [1.29, 1.82) is 0 Å². The Kier molecular flexibility index (Phi) is 6.02. The first-order chi connectivity index (χ1) is 15.0. The maximum absolute atomic E-state index is 12.9. The molecule has 7 nitrogen and oxygen atoms in total. The van der Waals surface area contributed by atoms with E-state index in [-0.39, 0.29) is 17.7 Å². The predicted octanol–water partition coefficient (Wildman–Crippen LogP) is 2.82. The van der Waals surface area contributed by atoms with Crippen LogP contribution in [-0.2, 0) is 11.2 Å². The first-order valence-corrected chi connectivity index (χ1v) is 10.4. The Morgan fingerprint density at radius 2 is 1.81 bits per heavy atom. The number of rotatable bonds is 5. The molecule has 1 fully saturated rings. The van der Waals surface area contributed by atoms with Crippen molar-refractivity contribution in [2.45, 2.75) is 13.3 Å². The van der Waals surface area contributed by atoms with Crippen LogP contribution in [0.5, 0.6) is 5.75 Å². The predicted molar refractivity (Wildman–Crippen MR) is 118 cm³/mol. The van der Waals surface area contributed by atoms with Crippen LogP contribution in [0.3, 0.4) is 0 Å². The van der Waals surface area contributed by atoms with Gasteiger partial charge < -0.3 is 15.0 Å². The summed E-state index contributed by atoms with van der Waals surface area (Å²) in [6.45, 7) is 3.15. The number of nitrogens with one attached hydrogen (secondary N) is 2. The van der Waals surface area contributed by atoms with Crippen molar-refractivity contribution in [1.82, 2.24) is 20.4 Å². The third-order valence-electron chi connectivity index (χ3n) is 5.70. The molecule has 3 aromatic rings. The zero-order valence-electron chi connectivity index (χ0n) is 17.7. The van der Waals surface area contributed by atoms with Crippen molar-refractivity contribution in [3.05, 3.63) is 71.5 Å². The van der Waals surface area contributed by atoms with Crippen LogP contribution in [0.4, 0.5) is 0 Å². The number of H-pyrrole nitrogens is 1. The van der Waals surface area contributed by atoms with Crippen molar-refractivity contribution in [2.75, 3.05) is 26.7 Å². The lowest BCUT2D eigenvalue weighted by atomic mass is 9.96. The molecule has 0 radical (unpaired) electrons. The van der Waals surface area contributed by atoms with Gasteiger partial charge in [0.25, 0.3) is 5.91 Å². The Morgan fingerprint density at radius 3 is 2.42 bits per heavy atom. The summed E-state index contributed by atoms with van der Waals surface area (Å²) >= 11 is 0. The van der Waals surface area contributed by atoms with Gasteiger partial charge >= 0.3 is 0 Å². The van der Waals surface area contributed by atoms with Crippen molar-refractivity contribution in [3.8, 4) is 16.9 Å². The highest BCUT2D eigenvalue weighted by atomic mass is 16.5. The molecule has 31 heavy (non-hydrogen) atoms. The van der Waals surface area contributed by atoms with Gasteiger partial charge in [0, 0.05) is 25.3 Å². The topological polar surface area (TPSA) is 87.3 Å². The quantitative estimate of drug-likeness (QED) is 0.667. The Hall–Kier alpha value is -3.61. The highest BCUT2D eigenvalue weighted by Crippen LogP contribution is 2.24. The van der Waals surface area contributed by atoms with E-state index in [0.717, 1.165) is 28.1 Å².